The molecule has 14 heavy (non-hydrogen) atoms. The summed E-state index contributed by atoms with van der Waals surface area (Å²) in [6, 6.07) is 0. The van der Waals surface area contributed by atoms with Crippen LogP contribution in [-0.4, -0.2) is 28.1 Å². The van der Waals surface area contributed by atoms with Crippen LogP contribution in [0.4, 0.5) is 5.82 Å². The first-order valence-corrected chi connectivity index (χ1v) is 4.20. The summed E-state index contributed by atoms with van der Waals surface area (Å²) in [5, 5.41) is 7.38. The largest absolute Gasteiger partial charge is 0.469 e. The summed E-state index contributed by atoms with van der Waals surface area (Å²) in [7, 11) is 1.36. The summed E-state index contributed by atoms with van der Waals surface area (Å²) in [6.45, 7) is 3.94. The van der Waals surface area contributed by atoms with Crippen LogP contribution in [0.15, 0.2) is 6.20 Å². The molecule has 0 unspecified atom stereocenters. The van der Waals surface area contributed by atoms with Crippen LogP contribution in [0.3, 0.4) is 0 Å². The highest BCUT2D eigenvalue weighted by atomic mass is 16.5. The van der Waals surface area contributed by atoms with Crippen LogP contribution in [0.1, 0.15) is 13.8 Å². The SMILES string of the molecule is COC(=O)C(C)(C)Cn1cc(N)nn1. The molecule has 0 aliphatic heterocycles. The number of nitrogen functional groups attached to an aromatic ring is 1. The number of methoxy groups -OCH3 is 1. The third-order valence-corrected chi connectivity index (χ3v) is 1.85. The molecule has 0 fully saturated rings. The fraction of sp³-hybridized carbons (Fsp3) is 0.625. The lowest BCUT2D eigenvalue weighted by Crippen LogP contribution is -2.30. The molecule has 0 bridgehead atoms. The van der Waals surface area contributed by atoms with E-state index in [1.165, 1.54) is 11.8 Å². The van der Waals surface area contributed by atoms with Gasteiger partial charge < -0.3 is 10.5 Å². The van der Waals surface area contributed by atoms with Crippen molar-refractivity contribution in [2.75, 3.05) is 12.8 Å². The molecule has 1 rings (SSSR count). The number of nitrogens with two attached hydrogens (primary N) is 1. The molecule has 0 saturated heterocycles. The number of carbonyl (C=O) groups is 1. The Balaban J connectivity index is 2.72. The van der Waals surface area contributed by atoms with Crippen LogP contribution in [0, 0.1) is 5.41 Å². The lowest BCUT2D eigenvalue weighted by molar-refractivity contribution is -0.151. The molecule has 78 valence electrons. The van der Waals surface area contributed by atoms with E-state index in [0.29, 0.717) is 12.4 Å². The Labute approximate surface area is 82.0 Å². The molecule has 6 heteroatoms. The Hall–Kier alpha value is -1.59. The highest BCUT2D eigenvalue weighted by Gasteiger charge is 2.29. The van der Waals surface area contributed by atoms with Gasteiger partial charge in [0.25, 0.3) is 0 Å². The van der Waals surface area contributed by atoms with E-state index in [0.717, 1.165) is 0 Å². The first-order valence-electron chi connectivity index (χ1n) is 4.20. The number of hydrogen-bond acceptors (Lipinski definition) is 5. The Morgan fingerprint density at radius 1 is 1.71 bits per heavy atom. The van der Waals surface area contributed by atoms with Gasteiger partial charge in [0.2, 0.25) is 0 Å². The van der Waals surface area contributed by atoms with Crippen LogP contribution >= 0.6 is 0 Å². The summed E-state index contributed by atoms with van der Waals surface area (Å²) in [4.78, 5) is 11.3. The van der Waals surface area contributed by atoms with Gasteiger partial charge in [0.1, 0.15) is 0 Å². The molecule has 0 aliphatic carbocycles. The van der Waals surface area contributed by atoms with Gasteiger partial charge in [-0.2, -0.15) is 0 Å². The summed E-state index contributed by atoms with van der Waals surface area (Å²) in [6.07, 6.45) is 1.57. The first kappa shape index (κ1) is 10.5. The van der Waals surface area contributed by atoms with E-state index in [4.69, 9.17) is 5.73 Å². The van der Waals surface area contributed by atoms with Crippen molar-refractivity contribution < 1.29 is 9.53 Å². The van der Waals surface area contributed by atoms with Gasteiger partial charge in [-0.3, -0.25) is 4.79 Å². The minimum atomic E-state index is -0.630. The molecule has 0 aliphatic rings. The fourth-order valence-electron chi connectivity index (χ4n) is 1.14. The second-order valence-electron chi connectivity index (χ2n) is 3.72. The molecule has 6 nitrogen and oxygen atoms in total. The van der Waals surface area contributed by atoms with E-state index in [-0.39, 0.29) is 5.97 Å². The predicted molar refractivity (Wildman–Crippen MR) is 50.2 cm³/mol. The standard InChI is InChI=1S/C8H14N4O2/c1-8(2,7(13)14-3)5-12-4-6(9)10-11-12/h4H,5,9H2,1-3H3. The minimum Gasteiger partial charge on any atom is -0.469 e. The Bertz CT molecular complexity index is 332. The van der Waals surface area contributed by atoms with Gasteiger partial charge in [-0.25, -0.2) is 4.68 Å². The van der Waals surface area contributed by atoms with Gasteiger partial charge in [0.05, 0.1) is 25.3 Å². The lowest BCUT2D eigenvalue weighted by atomic mass is 9.94. The van der Waals surface area contributed by atoms with Gasteiger partial charge in [-0.05, 0) is 13.8 Å². The third kappa shape index (κ3) is 2.21. The van der Waals surface area contributed by atoms with Crippen molar-refractivity contribution >= 4 is 11.8 Å². The van der Waals surface area contributed by atoms with Gasteiger partial charge in [-0.15, -0.1) is 5.10 Å². The van der Waals surface area contributed by atoms with E-state index in [2.05, 4.69) is 15.0 Å². The maximum atomic E-state index is 11.3. The highest BCUT2D eigenvalue weighted by Crippen LogP contribution is 2.19. The normalized spacial score (nSPS) is 11.4. The second-order valence-corrected chi connectivity index (χ2v) is 3.72. The third-order valence-electron chi connectivity index (χ3n) is 1.85. The molecule has 0 radical (unpaired) electrons. The number of carbonyl (C=O) groups excluding carboxylic acids is 1. The fourth-order valence-corrected chi connectivity index (χ4v) is 1.14. The van der Waals surface area contributed by atoms with Crippen LogP contribution in [0.2, 0.25) is 0 Å². The van der Waals surface area contributed by atoms with E-state index in [1.54, 1.807) is 20.0 Å². The second kappa shape index (κ2) is 3.65. The Morgan fingerprint density at radius 2 is 2.36 bits per heavy atom. The zero-order chi connectivity index (χ0) is 10.8. The molecule has 0 spiro atoms. The number of nitrogens with zero attached hydrogens (tertiary/aromatic N) is 3. The molecule has 1 heterocycles. The quantitative estimate of drug-likeness (QED) is 0.694. The molecule has 0 atom stereocenters. The van der Waals surface area contributed by atoms with E-state index in [1.807, 2.05) is 0 Å². The maximum Gasteiger partial charge on any atom is 0.313 e. The minimum absolute atomic E-state index is 0.286. The highest BCUT2D eigenvalue weighted by molar-refractivity contribution is 5.75. The zero-order valence-corrected chi connectivity index (χ0v) is 8.52. The van der Waals surface area contributed by atoms with Crippen molar-refractivity contribution in [3.05, 3.63) is 6.20 Å². The average Bonchev–Trinajstić information content (AvgIpc) is 2.48. The average molecular weight is 198 g/mol. The van der Waals surface area contributed by atoms with Crippen LogP contribution in [0.5, 0.6) is 0 Å². The number of hydrogen-bond donors (Lipinski definition) is 1. The summed E-state index contributed by atoms with van der Waals surface area (Å²) in [5.74, 6) is 0.0530. The monoisotopic (exact) mass is 198 g/mol. The zero-order valence-electron chi connectivity index (χ0n) is 8.52. The molecular formula is C8H14N4O2. The van der Waals surface area contributed by atoms with Crippen molar-refractivity contribution in [2.45, 2.75) is 20.4 Å². The van der Waals surface area contributed by atoms with Crippen molar-refractivity contribution in [3.63, 3.8) is 0 Å². The van der Waals surface area contributed by atoms with Gasteiger partial charge in [-0.1, -0.05) is 5.21 Å². The molecule has 0 saturated carbocycles. The van der Waals surface area contributed by atoms with Gasteiger partial charge in [0.15, 0.2) is 5.82 Å². The van der Waals surface area contributed by atoms with E-state index < -0.39 is 5.41 Å². The molecule has 1 aromatic heterocycles. The van der Waals surface area contributed by atoms with Crippen LogP contribution in [0.25, 0.3) is 0 Å². The summed E-state index contributed by atoms with van der Waals surface area (Å²) < 4.78 is 6.18. The first-order chi connectivity index (χ1) is 6.45. The molecule has 1 aromatic rings. The topological polar surface area (TPSA) is 83.0 Å². The number of rotatable bonds is 3. The van der Waals surface area contributed by atoms with Gasteiger partial charge >= 0.3 is 5.97 Å². The number of anilines is 1. The van der Waals surface area contributed by atoms with Gasteiger partial charge in [0, 0.05) is 0 Å². The molecule has 0 amide bonds. The van der Waals surface area contributed by atoms with Crippen LogP contribution in [-0.2, 0) is 16.1 Å². The number of esters is 1. The van der Waals surface area contributed by atoms with Crippen molar-refractivity contribution in [3.8, 4) is 0 Å². The van der Waals surface area contributed by atoms with Crippen LogP contribution < -0.4 is 5.73 Å². The Morgan fingerprint density at radius 3 is 2.79 bits per heavy atom. The van der Waals surface area contributed by atoms with Crippen molar-refractivity contribution in [1.29, 1.82) is 0 Å². The smallest absolute Gasteiger partial charge is 0.313 e. The maximum absolute atomic E-state index is 11.3. The van der Waals surface area contributed by atoms with E-state index in [9.17, 15) is 4.79 Å². The van der Waals surface area contributed by atoms with E-state index >= 15 is 0 Å². The van der Waals surface area contributed by atoms with Crippen molar-refractivity contribution in [1.82, 2.24) is 15.0 Å². The molecular weight excluding hydrogens is 184 g/mol. The predicted octanol–water partition coefficient (Wildman–Crippen LogP) is 0.0595. The molecule has 0 aromatic carbocycles. The Kier molecular flexibility index (Phi) is 2.73. The number of ether oxygens (including phenoxy) is 1. The lowest BCUT2D eigenvalue weighted by Gasteiger charge is -2.20. The van der Waals surface area contributed by atoms with Crippen molar-refractivity contribution in [2.24, 2.45) is 5.41 Å². The molecule has 2 N–H and O–H groups in total. The number of aromatic nitrogens is 3. The summed E-state index contributed by atoms with van der Waals surface area (Å²) >= 11 is 0. The summed E-state index contributed by atoms with van der Waals surface area (Å²) in [5.41, 5.74) is 4.77.